The summed E-state index contributed by atoms with van der Waals surface area (Å²) in [7, 11) is 0. The predicted octanol–water partition coefficient (Wildman–Crippen LogP) is 1.84. The molecule has 1 rings (SSSR count). The first-order valence-electron chi connectivity index (χ1n) is 5.75. The monoisotopic (exact) mass is 210 g/mol. The van der Waals surface area contributed by atoms with Crippen molar-refractivity contribution in [2.45, 2.75) is 46.2 Å². The van der Waals surface area contributed by atoms with Crippen LogP contribution in [0.5, 0.6) is 0 Å². The molecule has 0 fully saturated rings. The van der Waals surface area contributed by atoms with Gasteiger partial charge in [-0.3, -0.25) is 16.0 Å². The minimum absolute atomic E-state index is 0.222. The molecule has 0 aliphatic heterocycles. The van der Waals surface area contributed by atoms with Gasteiger partial charge in [-0.2, -0.15) is 5.10 Å². The number of aromatic nitrogens is 2. The molecule has 0 spiro atoms. The van der Waals surface area contributed by atoms with Crippen molar-refractivity contribution in [2.24, 2.45) is 11.8 Å². The number of rotatable bonds is 6. The third-order valence-electron chi connectivity index (χ3n) is 3.04. The molecule has 15 heavy (non-hydrogen) atoms. The number of nitrogens with zero attached hydrogens (tertiary/aromatic N) is 2. The van der Waals surface area contributed by atoms with Gasteiger partial charge >= 0.3 is 0 Å². The summed E-state index contributed by atoms with van der Waals surface area (Å²) < 4.78 is 1.93. The average Bonchev–Trinajstić information content (AvgIpc) is 2.73. The van der Waals surface area contributed by atoms with Gasteiger partial charge in [0, 0.05) is 18.3 Å². The molecule has 1 aromatic heterocycles. The molecular formula is C11H22N4. The maximum atomic E-state index is 5.62. The van der Waals surface area contributed by atoms with Crippen LogP contribution in [0, 0.1) is 5.92 Å². The molecule has 1 atom stereocenters. The van der Waals surface area contributed by atoms with Gasteiger partial charge < -0.3 is 0 Å². The van der Waals surface area contributed by atoms with E-state index in [1.54, 1.807) is 0 Å². The van der Waals surface area contributed by atoms with Crippen LogP contribution in [0.25, 0.3) is 0 Å². The molecule has 0 amide bonds. The second-order valence-corrected chi connectivity index (χ2v) is 3.85. The molecule has 86 valence electrons. The highest BCUT2D eigenvalue weighted by Gasteiger charge is 2.20. The first-order valence-corrected chi connectivity index (χ1v) is 5.75. The van der Waals surface area contributed by atoms with Gasteiger partial charge in [0.25, 0.3) is 0 Å². The van der Waals surface area contributed by atoms with E-state index in [4.69, 9.17) is 5.84 Å². The predicted molar refractivity (Wildman–Crippen MR) is 62.0 cm³/mol. The van der Waals surface area contributed by atoms with Crippen molar-refractivity contribution in [1.29, 1.82) is 0 Å². The summed E-state index contributed by atoms with van der Waals surface area (Å²) in [6.45, 7) is 7.38. The van der Waals surface area contributed by atoms with Crippen LogP contribution in [0.2, 0.25) is 0 Å². The zero-order valence-corrected chi connectivity index (χ0v) is 9.90. The Hall–Kier alpha value is -0.870. The van der Waals surface area contributed by atoms with E-state index >= 15 is 0 Å². The fourth-order valence-electron chi connectivity index (χ4n) is 1.98. The Kier molecular flexibility index (Phi) is 4.78. The SMILES string of the molecule is CCC(CC)C(NN)c1cnn(CC)c1. The summed E-state index contributed by atoms with van der Waals surface area (Å²) in [5, 5.41) is 4.28. The zero-order valence-electron chi connectivity index (χ0n) is 9.90. The smallest absolute Gasteiger partial charge is 0.0538 e. The second-order valence-electron chi connectivity index (χ2n) is 3.85. The van der Waals surface area contributed by atoms with Crippen molar-refractivity contribution in [3.05, 3.63) is 18.0 Å². The van der Waals surface area contributed by atoms with Crippen LogP contribution in [0.15, 0.2) is 12.4 Å². The van der Waals surface area contributed by atoms with Gasteiger partial charge in [-0.05, 0) is 12.8 Å². The molecule has 4 heteroatoms. The van der Waals surface area contributed by atoms with E-state index in [-0.39, 0.29) is 6.04 Å². The first kappa shape index (κ1) is 12.2. The molecule has 1 heterocycles. The van der Waals surface area contributed by atoms with Crippen LogP contribution in [0.1, 0.15) is 45.2 Å². The Bertz CT molecular complexity index is 278. The Morgan fingerprint density at radius 2 is 2.07 bits per heavy atom. The van der Waals surface area contributed by atoms with Gasteiger partial charge in [0.1, 0.15) is 0 Å². The van der Waals surface area contributed by atoms with Gasteiger partial charge in [-0.25, -0.2) is 0 Å². The quantitative estimate of drug-likeness (QED) is 0.556. The number of nitrogens with two attached hydrogens (primary N) is 1. The molecule has 0 aromatic carbocycles. The van der Waals surface area contributed by atoms with Crippen molar-refractivity contribution in [1.82, 2.24) is 15.2 Å². The van der Waals surface area contributed by atoms with Crippen molar-refractivity contribution < 1.29 is 0 Å². The van der Waals surface area contributed by atoms with Crippen LogP contribution >= 0.6 is 0 Å². The van der Waals surface area contributed by atoms with E-state index in [1.165, 1.54) is 5.56 Å². The summed E-state index contributed by atoms with van der Waals surface area (Å²) in [6, 6.07) is 0.222. The lowest BCUT2D eigenvalue weighted by Crippen LogP contribution is -2.33. The topological polar surface area (TPSA) is 55.9 Å². The molecule has 3 N–H and O–H groups in total. The first-order chi connectivity index (χ1) is 7.26. The minimum Gasteiger partial charge on any atom is -0.273 e. The van der Waals surface area contributed by atoms with E-state index < -0.39 is 0 Å². The normalized spacial score (nSPS) is 13.4. The summed E-state index contributed by atoms with van der Waals surface area (Å²) in [5.74, 6) is 6.19. The van der Waals surface area contributed by atoms with Gasteiger partial charge in [-0.15, -0.1) is 0 Å². The van der Waals surface area contributed by atoms with E-state index in [2.05, 4.69) is 37.5 Å². The Morgan fingerprint density at radius 1 is 1.40 bits per heavy atom. The molecular weight excluding hydrogens is 188 g/mol. The lowest BCUT2D eigenvalue weighted by molar-refractivity contribution is 0.345. The second kappa shape index (κ2) is 5.88. The van der Waals surface area contributed by atoms with Crippen molar-refractivity contribution in [3.8, 4) is 0 Å². The molecule has 0 saturated heterocycles. The van der Waals surface area contributed by atoms with Crippen molar-refractivity contribution >= 4 is 0 Å². The molecule has 0 radical (unpaired) electrons. The minimum atomic E-state index is 0.222. The van der Waals surface area contributed by atoms with Crippen LogP contribution in [-0.2, 0) is 6.54 Å². The summed E-state index contributed by atoms with van der Waals surface area (Å²) in [6.07, 6.45) is 6.24. The van der Waals surface area contributed by atoms with Crippen LogP contribution in [-0.4, -0.2) is 9.78 Å². The zero-order chi connectivity index (χ0) is 11.3. The molecule has 0 aliphatic carbocycles. The third-order valence-corrected chi connectivity index (χ3v) is 3.04. The van der Waals surface area contributed by atoms with E-state index in [9.17, 15) is 0 Å². The fraction of sp³-hybridized carbons (Fsp3) is 0.727. The number of hydrogen-bond donors (Lipinski definition) is 2. The largest absolute Gasteiger partial charge is 0.273 e. The highest BCUT2D eigenvalue weighted by molar-refractivity contribution is 5.11. The van der Waals surface area contributed by atoms with E-state index in [1.807, 2.05) is 10.9 Å². The van der Waals surface area contributed by atoms with Gasteiger partial charge in [0.05, 0.1) is 12.2 Å². The summed E-state index contributed by atoms with van der Waals surface area (Å²) in [5.41, 5.74) is 4.09. The van der Waals surface area contributed by atoms with Crippen molar-refractivity contribution in [3.63, 3.8) is 0 Å². The molecule has 4 nitrogen and oxygen atoms in total. The Morgan fingerprint density at radius 3 is 2.47 bits per heavy atom. The van der Waals surface area contributed by atoms with Crippen molar-refractivity contribution in [2.75, 3.05) is 0 Å². The summed E-state index contributed by atoms with van der Waals surface area (Å²) in [4.78, 5) is 0. The number of nitrogens with one attached hydrogen (secondary N) is 1. The van der Waals surface area contributed by atoms with Crippen LogP contribution in [0.3, 0.4) is 0 Å². The van der Waals surface area contributed by atoms with E-state index in [0.717, 1.165) is 19.4 Å². The molecule has 0 aliphatic rings. The maximum absolute atomic E-state index is 5.62. The average molecular weight is 210 g/mol. The highest BCUT2D eigenvalue weighted by atomic mass is 15.3. The lowest BCUT2D eigenvalue weighted by atomic mass is 9.91. The molecule has 0 bridgehead atoms. The van der Waals surface area contributed by atoms with Crippen LogP contribution in [0.4, 0.5) is 0 Å². The summed E-state index contributed by atoms with van der Waals surface area (Å²) >= 11 is 0. The van der Waals surface area contributed by atoms with Gasteiger partial charge in [-0.1, -0.05) is 26.7 Å². The molecule has 1 aromatic rings. The van der Waals surface area contributed by atoms with Crippen LogP contribution < -0.4 is 11.3 Å². The maximum Gasteiger partial charge on any atom is 0.0538 e. The number of hydrogen-bond acceptors (Lipinski definition) is 3. The number of aryl methyl sites for hydroxylation is 1. The Balaban J connectivity index is 2.81. The third kappa shape index (κ3) is 2.79. The molecule has 0 saturated carbocycles. The number of hydrazine groups is 1. The van der Waals surface area contributed by atoms with Gasteiger partial charge in [0.2, 0.25) is 0 Å². The Labute approximate surface area is 91.8 Å². The standard InChI is InChI=1S/C11H22N4/c1-4-9(5-2)11(14-12)10-7-13-15(6-3)8-10/h7-9,11,14H,4-6,12H2,1-3H3. The lowest BCUT2D eigenvalue weighted by Gasteiger charge is -2.23. The van der Waals surface area contributed by atoms with Gasteiger partial charge in [0.15, 0.2) is 0 Å². The molecule has 1 unspecified atom stereocenters. The van der Waals surface area contributed by atoms with E-state index in [0.29, 0.717) is 5.92 Å². The highest BCUT2D eigenvalue weighted by Crippen LogP contribution is 2.26. The fourth-order valence-corrected chi connectivity index (χ4v) is 1.98.